The average molecular weight is 530 g/mol. The van der Waals surface area contributed by atoms with Crippen LogP contribution in [-0.4, -0.2) is 47.8 Å². The molecule has 11 heteroatoms. The van der Waals surface area contributed by atoms with Gasteiger partial charge in [-0.15, -0.1) is 0 Å². The molecule has 162 valence electrons. The van der Waals surface area contributed by atoms with Gasteiger partial charge in [-0.25, -0.2) is 24.4 Å². The van der Waals surface area contributed by atoms with Gasteiger partial charge in [0.25, 0.3) is 0 Å². The van der Waals surface area contributed by atoms with Gasteiger partial charge in [0.2, 0.25) is 0 Å². The zero-order valence-electron chi connectivity index (χ0n) is 17.2. The molecule has 2 heterocycles. The molecule has 0 saturated carbocycles. The number of esters is 2. The third kappa shape index (κ3) is 8.59. The van der Waals surface area contributed by atoms with Crippen LogP contribution in [0, 0.1) is 3.70 Å². The minimum Gasteiger partial charge on any atom is -0.464 e. The van der Waals surface area contributed by atoms with E-state index in [0.717, 1.165) is 0 Å². The number of amides is 1. The molecule has 0 spiro atoms. The lowest BCUT2D eigenvalue weighted by Gasteiger charge is -2.19. The molecule has 0 fully saturated rings. The van der Waals surface area contributed by atoms with Crippen molar-refractivity contribution in [3.63, 3.8) is 0 Å². The number of nitrogen functional groups attached to an aromatic ring is 1. The number of aromatic nitrogens is 2. The summed E-state index contributed by atoms with van der Waals surface area (Å²) in [5.74, 6) is -0.980. The number of nitrogens with zero attached hydrogens (tertiary/aromatic N) is 2. The monoisotopic (exact) mass is 530 g/mol. The first-order valence-electron chi connectivity index (χ1n) is 8.51. The first kappa shape index (κ1) is 25.1. The van der Waals surface area contributed by atoms with E-state index in [4.69, 9.17) is 10.5 Å². The zero-order valence-corrected chi connectivity index (χ0v) is 19.3. The van der Waals surface area contributed by atoms with Crippen molar-refractivity contribution >= 4 is 52.0 Å². The van der Waals surface area contributed by atoms with Crippen molar-refractivity contribution < 1.29 is 28.6 Å². The largest absolute Gasteiger partial charge is 0.464 e. The summed E-state index contributed by atoms with van der Waals surface area (Å²) in [6, 6.07) is 6.16. The van der Waals surface area contributed by atoms with Crippen LogP contribution >= 0.6 is 22.6 Å². The number of carbonyl (C=O) groups is 3. The standard InChI is InChI=1S/C12H15IN2O4.C7H8N2O2/c1-12(2,3)19-11(17)15-7-5-6-8(10(16)18-4)14-9(7)13;1-11-7(10)6-3-2-5(8)4-9-6/h5-6H,1-4H3,(H,15,17);2-4H,8H2,1H3. The Balaban J connectivity index is 0.000000346. The van der Waals surface area contributed by atoms with Gasteiger partial charge in [-0.1, -0.05) is 0 Å². The van der Waals surface area contributed by atoms with Crippen molar-refractivity contribution in [3.8, 4) is 0 Å². The highest BCUT2D eigenvalue weighted by Crippen LogP contribution is 2.18. The summed E-state index contributed by atoms with van der Waals surface area (Å²) in [5.41, 5.74) is 6.23. The van der Waals surface area contributed by atoms with Gasteiger partial charge in [-0.05, 0) is 67.6 Å². The summed E-state index contributed by atoms with van der Waals surface area (Å²) >= 11 is 1.92. The van der Waals surface area contributed by atoms with E-state index in [0.29, 0.717) is 15.1 Å². The molecule has 0 aliphatic rings. The van der Waals surface area contributed by atoms with Gasteiger partial charge >= 0.3 is 18.0 Å². The van der Waals surface area contributed by atoms with E-state index in [9.17, 15) is 14.4 Å². The normalized spacial score (nSPS) is 10.2. The van der Waals surface area contributed by atoms with Gasteiger partial charge in [-0.3, -0.25) is 5.32 Å². The molecule has 0 saturated heterocycles. The van der Waals surface area contributed by atoms with Gasteiger partial charge in [-0.2, -0.15) is 0 Å². The maximum Gasteiger partial charge on any atom is 0.412 e. The Bertz CT molecular complexity index is 897. The van der Waals surface area contributed by atoms with Crippen LogP contribution in [0.2, 0.25) is 0 Å². The van der Waals surface area contributed by atoms with Crippen molar-refractivity contribution in [1.82, 2.24) is 9.97 Å². The number of anilines is 2. The lowest BCUT2D eigenvalue weighted by atomic mass is 10.2. The third-order valence-corrected chi connectivity index (χ3v) is 3.88. The Morgan fingerprint density at radius 3 is 2.03 bits per heavy atom. The second-order valence-corrected chi connectivity index (χ2v) is 7.64. The molecule has 10 nitrogen and oxygen atoms in total. The van der Waals surface area contributed by atoms with E-state index in [2.05, 4.69) is 24.8 Å². The summed E-state index contributed by atoms with van der Waals surface area (Å²) in [6.45, 7) is 5.32. The van der Waals surface area contributed by atoms with E-state index in [1.165, 1.54) is 32.5 Å². The Morgan fingerprint density at radius 2 is 1.57 bits per heavy atom. The number of ether oxygens (including phenoxy) is 3. The second kappa shape index (κ2) is 11.3. The summed E-state index contributed by atoms with van der Waals surface area (Å²) in [6.07, 6.45) is 0.838. The summed E-state index contributed by atoms with van der Waals surface area (Å²) in [5, 5.41) is 2.57. The number of nitrogens with two attached hydrogens (primary N) is 1. The Morgan fingerprint density at radius 1 is 1.00 bits per heavy atom. The van der Waals surface area contributed by atoms with Crippen molar-refractivity contribution in [3.05, 3.63) is 45.6 Å². The van der Waals surface area contributed by atoms with Crippen LogP contribution in [0.15, 0.2) is 30.5 Å². The summed E-state index contributed by atoms with van der Waals surface area (Å²) in [7, 11) is 2.59. The summed E-state index contributed by atoms with van der Waals surface area (Å²) < 4.78 is 14.6. The average Bonchev–Trinajstić information content (AvgIpc) is 2.68. The lowest BCUT2D eigenvalue weighted by molar-refractivity contribution is 0.0585. The number of rotatable bonds is 3. The van der Waals surface area contributed by atoms with Crippen molar-refractivity contribution in [2.75, 3.05) is 25.3 Å². The number of pyridine rings is 2. The van der Waals surface area contributed by atoms with Crippen molar-refractivity contribution in [2.45, 2.75) is 26.4 Å². The van der Waals surface area contributed by atoms with Gasteiger partial charge < -0.3 is 19.9 Å². The van der Waals surface area contributed by atoms with Crippen molar-refractivity contribution in [1.29, 1.82) is 0 Å². The van der Waals surface area contributed by atoms with E-state index < -0.39 is 23.6 Å². The highest BCUT2D eigenvalue weighted by molar-refractivity contribution is 14.1. The van der Waals surface area contributed by atoms with E-state index >= 15 is 0 Å². The minimum atomic E-state index is -0.574. The van der Waals surface area contributed by atoms with Crippen LogP contribution in [0.1, 0.15) is 41.7 Å². The number of nitrogens with one attached hydrogen (secondary N) is 1. The van der Waals surface area contributed by atoms with Crippen LogP contribution in [-0.2, 0) is 14.2 Å². The fourth-order valence-electron chi connectivity index (χ4n) is 1.79. The van der Waals surface area contributed by atoms with Crippen LogP contribution in [0.4, 0.5) is 16.2 Å². The van der Waals surface area contributed by atoms with Crippen molar-refractivity contribution in [2.24, 2.45) is 0 Å². The first-order chi connectivity index (χ1) is 14.0. The van der Waals surface area contributed by atoms with E-state index in [1.54, 1.807) is 32.9 Å². The second-order valence-electron chi connectivity index (χ2n) is 6.62. The quantitative estimate of drug-likeness (QED) is 0.265. The molecule has 2 rings (SSSR count). The van der Waals surface area contributed by atoms with Gasteiger partial charge in [0.1, 0.15) is 20.7 Å². The Hall–Kier alpha value is -2.96. The van der Waals surface area contributed by atoms with Gasteiger partial charge in [0.05, 0.1) is 31.8 Å². The lowest BCUT2D eigenvalue weighted by Crippen LogP contribution is -2.27. The highest BCUT2D eigenvalue weighted by atomic mass is 127. The highest BCUT2D eigenvalue weighted by Gasteiger charge is 2.18. The van der Waals surface area contributed by atoms with Crippen LogP contribution < -0.4 is 11.1 Å². The fourth-order valence-corrected chi connectivity index (χ4v) is 2.36. The molecular formula is C19H23IN4O6. The summed E-state index contributed by atoms with van der Waals surface area (Å²) in [4.78, 5) is 41.5. The first-order valence-corrected chi connectivity index (χ1v) is 9.59. The maximum atomic E-state index is 11.6. The van der Waals surface area contributed by atoms with Crippen LogP contribution in [0.25, 0.3) is 0 Å². The molecule has 1 amide bonds. The van der Waals surface area contributed by atoms with Gasteiger partial charge in [0.15, 0.2) is 0 Å². The SMILES string of the molecule is COC(=O)c1ccc(N)cn1.COC(=O)c1ccc(NC(=O)OC(C)(C)C)c(I)n1. The topological polar surface area (TPSA) is 143 Å². The molecule has 2 aromatic rings. The zero-order chi connectivity index (χ0) is 22.9. The molecule has 0 atom stereocenters. The molecule has 0 radical (unpaired) electrons. The predicted octanol–water partition coefficient (Wildman–Crippen LogP) is 3.27. The Labute approximate surface area is 187 Å². The molecule has 0 aromatic carbocycles. The number of hydrogen-bond donors (Lipinski definition) is 2. The molecule has 3 N–H and O–H groups in total. The molecule has 0 aliphatic carbocycles. The van der Waals surface area contributed by atoms with E-state index in [1.807, 2.05) is 22.6 Å². The minimum absolute atomic E-state index is 0.182. The molecule has 2 aromatic heterocycles. The predicted molar refractivity (Wildman–Crippen MR) is 118 cm³/mol. The third-order valence-electron chi connectivity index (χ3n) is 3.06. The molecule has 0 bridgehead atoms. The number of carbonyl (C=O) groups excluding carboxylic acids is 3. The maximum absolute atomic E-state index is 11.6. The van der Waals surface area contributed by atoms with Crippen LogP contribution in [0.5, 0.6) is 0 Å². The molecule has 0 aliphatic heterocycles. The fraction of sp³-hybridized carbons (Fsp3) is 0.316. The smallest absolute Gasteiger partial charge is 0.412 e. The molecule has 0 unspecified atom stereocenters. The number of hydrogen-bond acceptors (Lipinski definition) is 9. The molecule has 30 heavy (non-hydrogen) atoms. The van der Waals surface area contributed by atoms with Crippen LogP contribution in [0.3, 0.4) is 0 Å². The number of halogens is 1. The van der Waals surface area contributed by atoms with E-state index in [-0.39, 0.29) is 11.4 Å². The Kier molecular flexibility index (Phi) is 9.43. The molecular weight excluding hydrogens is 507 g/mol. The van der Waals surface area contributed by atoms with Gasteiger partial charge in [0, 0.05) is 0 Å². The number of methoxy groups -OCH3 is 2.